The first kappa shape index (κ1) is 16.9. The summed E-state index contributed by atoms with van der Waals surface area (Å²) in [5.74, 6) is 0.427. The van der Waals surface area contributed by atoms with Crippen molar-refractivity contribution in [1.82, 2.24) is 9.80 Å². The molecule has 0 saturated carbocycles. The van der Waals surface area contributed by atoms with Crippen LogP contribution in [0.5, 0.6) is 11.5 Å². The van der Waals surface area contributed by atoms with E-state index in [9.17, 15) is 9.59 Å². The van der Waals surface area contributed by atoms with E-state index >= 15 is 0 Å². The molecular weight excluding hydrogens is 396 g/mol. The van der Waals surface area contributed by atoms with E-state index in [0.29, 0.717) is 34.6 Å². The van der Waals surface area contributed by atoms with E-state index in [2.05, 4.69) is 15.9 Å². The molecule has 2 heterocycles. The summed E-state index contributed by atoms with van der Waals surface area (Å²) in [6.07, 6.45) is 1.56. The van der Waals surface area contributed by atoms with Gasteiger partial charge in [0.15, 0.2) is 16.6 Å². The summed E-state index contributed by atoms with van der Waals surface area (Å²) < 4.78 is 11.4. The van der Waals surface area contributed by atoms with Crippen molar-refractivity contribution in [2.75, 3.05) is 19.9 Å². The number of hydrogen-bond acceptors (Lipinski definition) is 5. The highest BCUT2D eigenvalue weighted by Crippen LogP contribution is 2.38. The molecule has 6 nitrogen and oxygen atoms in total. The summed E-state index contributed by atoms with van der Waals surface area (Å²) in [7, 11) is 0. The summed E-state index contributed by atoms with van der Waals surface area (Å²) in [4.78, 5) is 28.1. The quantitative estimate of drug-likeness (QED) is 0.435. The van der Waals surface area contributed by atoms with Gasteiger partial charge in [0.1, 0.15) is 5.57 Å². The van der Waals surface area contributed by atoms with Crippen molar-refractivity contribution >= 4 is 51.2 Å². The smallest absolute Gasteiger partial charge is 0.265 e. The van der Waals surface area contributed by atoms with Gasteiger partial charge < -0.3 is 9.47 Å². The van der Waals surface area contributed by atoms with Crippen LogP contribution in [0.1, 0.15) is 19.4 Å². The van der Waals surface area contributed by atoms with Gasteiger partial charge in [-0.2, -0.15) is 0 Å². The molecule has 0 N–H and O–H groups in total. The Morgan fingerprint density at radius 2 is 1.67 bits per heavy atom. The van der Waals surface area contributed by atoms with Gasteiger partial charge in [0.25, 0.3) is 11.8 Å². The lowest BCUT2D eigenvalue weighted by Crippen LogP contribution is -2.55. The predicted molar refractivity (Wildman–Crippen MR) is 95.6 cm³/mol. The standard InChI is InChI=1S/C16H15BrN2O4S/c1-3-18-14(20)10(15(21)19(4-2)16(18)24)5-9-6-12-13(7-11(9)17)23-8-22-12/h5-7H,3-4,8H2,1-2H3. The van der Waals surface area contributed by atoms with Crippen molar-refractivity contribution in [2.24, 2.45) is 0 Å². The zero-order chi connectivity index (χ0) is 17.4. The van der Waals surface area contributed by atoms with E-state index in [-0.39, 0.29) is 29.3 Å². The number of halogens is 1. The van der Waals surface area contributed by atoms with Crippen LogP contribution in [0.3, 0.4) is 0 Å². The minimum Gasteiger partial charge on any atom is -0.454 e. The normalized spacial score (nSPS) is 17.0. The molecule has 0 aromatic heterocycles. The second-order valence-electron chi connectivity index (χ2n) is 5.17. The summed E-state index contributed by atoms with van der Waals surface area (Å²) >= 11 is 8.68. The lowest BCUT2D eigenvalue weighted by Gasteiger charge is -2.35. The van der Waals surface area contributed by atoms with Gasteiger partial charge >= 0.3 is 0 Å². The average Bonchev–Trinajstić information content (AvgIpc) is 2.99. The molecule has 2 aliphatic rings. The number of ether oxygens (including phenoxy) is 2. The van der Waals surface area contributed by atoms with Gasteiger partial charge in [-0.1, -0.05) is 15.9 Å². The predicted octanol–water partition coefficient (Wildman–Crippen LogP) is 2.56. The molecule has 1 saturated heterocycles. The van der Waals surface area contributed by atoms with Gasteiger partial charge in [-0.05, 0) is 49.8 Å². The van der Waals surface area contributed by atoms with Crippen LogP contribution in [0.2, 0.25) is 0 Å². The molecule has 1 aromatic carbocycles. The number of carbonyl (C=O) groups excluding carboxylic acids is 2. The van der Waals surface area contributed by atoms with Crippen molar-refractivity contribution in [3.63, 3.8) is 0 Å². The van der Waals surface area contributed by atoms with E-state index < -0.39 is 0 Å². The molecule has 24 heavy (non-hydrogen) atoms. The van der Waals surface area contributed by atoms with Crippen LogP contribution in [-0.4, -0.2) is 46.6 Å². The van der Waals surface area contributed by atoms with Gasteiger partial charge in [-0.25, -0.2) is 0 Å². The molecule has 1 aromatic rings. The minimum absolute atomic E-state index is 0.0758. The van der Waals surface area contributed by atoms with Gasteiger partial charge in [0.05, 0.1) is 0 Å². The number of thiocarbonyl (C=S) groups is 1. The highest BCUT2D eigenvalue weighted by molar-refractivity contribution is 9.10. The SMILES string of the molecule is CCN1C(=O)C(=Cc2cc3c(cc2Br)OCO3)C(=O)N(CC)C1=S. The largest absolute Gasteiger partial charge is 0.454 e. The topological polar surface area (TPSA) is 59.1 Å². The molecule has 0 aliphatic carbocycles. The highest BCUT2D eigenvalue weighted by atomic mass is 79.9. The number of fused-ring (bicyclic) bond motifs is 1. The van der Waals surface area contributed by atoms with Gasteiger partial charge in [-0.15, -0.1) is 0 Å². The monoisotopic (exact) mass is 410 g/mol. The first-order chi connectivity index (χ1) is 11.5. The van der Waals surface area contributed by atoms with Gasteiger partial charge in [0, 0.05) is 17.6 Å². The van der Waals surface area contributed by atoms with Crippen molar-refractivity contribution in [1.29, 1.82) is 0 Å². The Labute approximate surface area is 153 Å². The maximum atomic E-state index is 12.6. The fraction of sp³-hybridized carbons (Fsp3) is 0.312. The summed E-state index contributed by atoms with van der Waals surface area (Å²) in [5.41, 5.74) is 0.739. The van der Waals surface area contributed by atoms with Crippen molar-refractivity contribution in [2.45, 2.75) is 13.8 Å². The maximum Gasteiger partial charge on any atom is 0.265 e. The van der Waals surface area contributed by atoms with Crippen LogP contribution in [0.15, 0.2) is 22.2 Å². The lowest BCUT2D eigenvalue weighted by molar-refractivity contribution is -0.133. The number of rotatable bonds is 3. The van der Waals surface area contributed by atoms with Crippen LogP contribution in [0, 0.1) is 0 Å². The molecule has 0 atom stereocenters. The Morgan fingerprint density at radius 1 is 1.12 bits per heavy atom. The maximum absolute atomic E-state index is 12.6. The molecule has 0 radical (unpaired) electrons. The Kier molecular flexibility index (Phi) is 4.60. The summed E-state index contributed by atoms with van der Waals surface area (Å²) in [5, 5.41) is 0.247. The Hall–Kier alpha value is -1.93. The first-order valence-corrected chi connectivity index (χ1v) is 8.66. The Bertz CT molecular complexity index is 750. The summed E-state index contributed by atoms with van der Waals surface area (Å²) in [6, 6.07) is 3.49. The molecular formula is C16H15BrN2O4S. The van der Waals surface area contributed by atoms with E-state index in [4.69, 9.17) is 21.7 Å². The van der Waals surface area contributed by atoms with Crippen LogP contribution in [0.25, 0.3) is 6.08 Å². The third-order valence-electron chi connectivity index (χ3n) is 3.84. The fourth-order valence-electron chi connectivity index (χ4n) is 2.58. The second-order valence-corrected chi connectivity index (χ2v) is 6.39. The Balaban J connectivity index is 2.06. The average molecular weight is 411 g/mol. The molecule has 2 amide bonds. The fourth-order valence-corrected chi connectivity index (χ4v) is 3.44. The third kappa shape index (κ3) is 2.69. The molecule has 0 spiro atoms. The lowest BCUT2D eigenvalue weighted by atomic mass is 10.1. The molecule has 1 fully saturated rings. The van der Waals surface area contributed by atoms with E-state index in [1.54, 1.807) is 18.2 Å². The second kappa shape index (κ2) is 6.52. The molecule has 0 unspecified atom stereocenters. The first-order valence-electron chi connectivity index (χ1n) is 7.46. The number of hydrogen-bond donors (Lipinski definition) is 0. The molecule has 8 heteroatoms. The molecule has 126 valence electrons. The number of nitrogens with zero attached hydrogens (tertiary/aromatic N) is 2. The third-order valence-corrected chi connectivity index (χ3v) is 4.96. The zero-order valence-electron chi connectivity index (χ0n) is 13.2. The van der Waals surface area contributed by atoms with Crippen LogP contribution in [0.4, 0.5) is 0 Å². The van der Waals surface area contributed by atoms with E-state index in [1.165, 1.54) is 9.80 Å². The van der Waals surface area contributed by atoms with Crippen molar-refractivity contribution in [3.05, 3.63) is 27.7 Å². The molecule has 0 bridgehead atoms. The number of likely N-dealkylation sites (N-methyl/N-ethyl adjacent to an activating group) is 2. The zero-order valence-corrected chi connectivity index (χ0v) is 15.6. The number of amides is 2. The summed E-state index contributed by atoms with van der Waals surface area (Å²) in [6.45, 7) is 4.60. The number of benzene rings is 1. The Morgan fingerprint density at radius 3 is 2.21 bits per heavy atom. The molecule has 2 aliphatic heterocycles. The van der Waals surface area contributed by atoms with Crippen molar-refractivity contribution < 1.29 is 19.1 Å². The van der Waals surface area contributed by atoms with Crippen molar-refractivity contribution in [3.8, 4) is 11.5 Å². The van der Waals surface area contributed by atoms with Crippen LogP contribution < -0.4 is 9.47 Å². The van der Waals surface area contributed by atoms with Crippen LogP contribution >= 0.6 is 28.1 Å². The van der Waals surface area contributed by atoms with Crippen LogP contribution in [-0.2, 0) is 9.59 Å². The highest BCUT2D eigenvalue weighted by Gasteiger charge is 2.38. The number of carbonyl (C=O) groups is 2. The van der Waals surface area contributed by atoms with E-state index in [0.717, 1.165) is 0 Å². The van der Waals surface area contributed by atoms with Gasteiger partial charge in [0.2, 0.25) is 6.79 Å². The van der Waals surface area contributed by atoms with Gasteiger partial charge in [-0.3, -0.25) is 19.4 Å². The molecule has 3 rings (SSSR count). The minimum atomic E-state index is -0.387. The van der Waals surface area contributed by atoms with E-state index in [1.807, 2.05) is 13.8 Å².